The Kier molecular flexibility index (Phi) is 3.74. The van der Waals surface area contributed by atoms with Gasteiger partial charge in [-0.3, -0.25) is 4.46 Å². The monoisotopic (exact) mass is 176 g/mol. The van der Waals surface area contributed by atoms with Crippen molar-refractivity contribution in [1.82, 2.24) is 0 Å². The van der Waals surface area contributed by atoms with E-state index in [0.29, 0.717) is 0 Å². The average Bonchev–Trinajstić information content (AvgIpc) is 2.13. The summed E-state index contributed by atoms with van der Waals surface area (Å²) in [6.07, 6.45) is 2.17. The third kappa shape index (κ3) is 6.38. The molecule has 11 heavy (non-hydrogen) atoms. The topological polar surface area (TPSA) is 101 Å². The minimum Gasteiger partial charge on any atom is -0.511 e. The van der Waals surface area contributed by atoms with Crippen molar-refractivity contribution >= 4 is 21.1 Å². The number of cyclic esters (lactones) is 2. The fraction of sp³-hybridized carbons (Fsp3) is 0. The maximum atomic E-state index is 9.92. The van der Waals surface area contributed by atoms with Gasteiger partial charge < -0.3 is 14.3 Å². The Morgan fingerprint density at radius 1 is 1.18 bits per heavy atom. The van der Waals surface area contributed by atoms with Crippen molar-refractivity contribution in [3.05, 3.63) is 12.2 Å². The lowest BCUT2D eigenvalue weighted by molar-refractivity contribution is -0.150. The molecule has 1 rings (SSSR count). The first-order valence-corrected chi connectivity index (χ1v) is 3.68. The second kappa shape index (κ2) is 4.33. The van der Waals surface area contributed by atoms with E-state index in [0.717, 1.165) is 12.2 Å². The van der Waals surface area contributed by atoms with Gasteiger partial charge in [-0.1, -0.05) is 0 Å². The van der Waals surface area contributed by atoms with Crippen molar-refractivity contribution in [3.63, 3.8) is 0 Å². The van der Waals surface area contributed by atoms with E-state index in [1.807, 2.05) is 0 Å². The summed E-state index contributed by atoms with van der Waals surface area (Å²) in [5, 5.41) is 0. The normalized spacial score (nSPS) is 13.5. The molecule has 0 unspecified atom stereocenters. The largest absolute Gasteiger partial charge is 0.761 e. The Labute approximate surface area is 62.6 Å². The molecule has 60 valence electrons. The molecule has 6 nitrogen and oxygen atoms in total. The van der Waals surface area contributed by atoms with Crippen LogP contribution in [0, 0.1) is 0 Å². The van der Waals surface area contributed by atoms with Crippen LogP contribution in [0.2, 0.25) is 0 Å². The van der Waals surface area contributed by atoms with E-state index in [2.05, 4.69) is 4.74 Å². The number of rotatable bonds is 0. The summed E-state index contributed by atoms with van der Waals surface area (Å²) in [5.41, 5.74) is 0. The second-order valence-corrected chi connectivity index (χ2v) is 1.92. The maximum Gasteiger partial charge on any atom is 0.761 e. The van der Waals surface area contributed by atoms with Gasteiger partial charge in [-0.2, -0.15) is 0 Å². The molecular weight excluding hydrogens is 172 g/mol. The van der Waals surface area contributed by atoms with E-state index < -0.39 is 21.1 Å². The molecule has 7 heteroatoms. The highest BCUT2D eigenvalue weighted by molar-refractivity contribution is 6.22. The van der Waals surface area contributed by atoms with Gasteiger partial charge in [0, 0.05) is 12.2 Å². The zero-order valence-electron chi connectivity index (χ0n) is 5.18. The van der Waals surface area contributed by atoms with Crippen LogP contribution >= 0.6 is 0 Å². The van der Waals surface area contributed by atoms with Crippen LogP contribution in [0.5, 0.6) is 0 Å². The quantitative estimate of drug-likeness (QED) is 0.252. The molecule has 0 saturated carbocycles. The summed E-state index contributed by atoms with van der Waals surface area (Å²) in [6, 6.07) is 0. The minimum atomic E-state index is -3.13. The first-order chi connectivity index (χ1) is 5.02. The molecule has 0 radical (unpaired) electrons. The van der Waals surface area contributed by atoms with E-state index in [1.54, 1.807) is 0 Å². The summed E-state index contributed by atoms with van der Waals surface area (Å²) in [4.78, 5) is 34.2. The van der Waals surface area contributed by atoms with E-state index in [1.165, 1.54) is 0 Å². The Balaban J connectivity index is 0.000000218. The van der Waals surface area contributed by atoms with Gasteiger partial charge in [0.25, 0.3) is 0 Å². The smallest absolute Gasteiger partial charge is 0.511 e. The lowest BCUT2D eigenvalue weighted by Gasteiger charge is -1.80. The van der Waals surface area contributed by atoms with Crippen molar-refractivity contribution in [2.75, 3.05) is 0 Å². The highest BCUT2D eigenvalue weighted by Crippen LogP contribution is 1.92. The van der Waals surface area contributed by atoms with Crippen LogP contribution in [0.15, 0.2) is 12.2 Å². The molecule has 0 fully saturated rings. The molecule has 0 saturated heterocycles. The zero-order chi connectivity index (χ0) is 8.85. The maximum absolute atomic E-state index is 9.92. The molecule has 0 amide bonds. The number of carbonyl (C=O) groups excluding carboxylic acids is 2. The van der Waals surface area contributed by atoms with E-state index in [4.69, 9.17) is 14.1 Å². The van der Waals surface area contributed by atoms with E-state index in [-0.39, 0.29) is 0 Å². The SMILES string of the molecule is O=C1C=CC(=O)O1.O=[Si](O)O. The number of hydrogen-bond acceptors (Lipinski definition) is 4. The summed E-state index contributed by atoms with van der Waals surface area (Å²) in [5.74, 6) is -1.16. The van der Waals surface area contributed by atoms with Gasteiger partial charge >= 0.3 is 21.1 Å². The standard InChI is InChI=1S/C4H2O3.H2O3Si/c5-3-1-2-4(6)7-3;1-4(2)3/h1-2H;1-2H. The Morgan fingerprint density at radius 2 is 1.45 bits per heavy atom. The predicted octanol–water partition coefficient (Wildman–Crippen LogP) is -1.99. The van der Waals surface area contributed by atoms with Gasteiger partial charge in [-0.25, -0.2) is 9.59 Å². The van der Waals surface area contributed by atoms with Crippen LogP contribution in [0.4, 0.5) is 0 Å². The minimum absolute atomic E-state index is 0.579. The number of ether oxygens (including phenoxy) is 1. The van der Waals surface area contributed by atoms with Crippen LogP contribution in [-0.4, -0.2) is 30.7 Å². The molecule has 1 aliphatic heterocycles. The predicted molar refractivity (Wildman–Crippen MR) is 31.1 cm³/mol. The number of esters is 2. The molecule has 0 atom stereocenters. The molecule has 0 aromatic rings. The lowest BCUT2D eigenvalue weighted by atomic mass is 10.6. The van der Waals surface area contributed by atoms with Gasteiger partial charge in [-0.15, -0.1) is 0 Å². The summed E-state index contributed by atoms with van der Waals surface area (Å²) in [7, 11) is -3.13. The van der Waals surface area contributed by atoms with Crippen LogP contribution in [0.25, 0.3) is 0 Å². The molecule has 1 heterocycles. The molecule has 1 aliphatic rings. The van der Waals surface area contributed by atoms with Crippen molar-refractivity contribution in [2.24, 2.45) is 0 Å². The van der Waals surface area contributed by atoms with Crippen molar-refractivity contribution < 1.29 is 28.4 Å². The third-order valence-corrected chi connectivity index (χ3v) is 0.557. The van der Waals surface area contributed by atoms with Gasteiger partial charge in [0.1, 0.15) is 0 Å². The summed E-state index contributed by atoms with van der Waals surface area (Å²) >= 11 is 0. The molecule has 0 bridgehead atoms. The van der Waals surface area contributed by atoms with Crippen molar-refractivity contribution in [2.45, 2.75) is 0 Å². The summed E-state index contributed by atoms with van der Waals surface area (Å²) < 4.78 is 12.7. The number of hydrogen-bond donors (Lipinski definition) is 2. The first kappa shape index (κ1) is 9.50. The van der Waals surface area contributed by atoms with E-state index in [9.17, 15) is 9.59 Å². The third-order valence-electron chi connectivity index (χ3n) is 0.557. The van der Waals surface area contributed by atoms with Crippen LogP contribution in [0.3, 0.4) is 0 Å². The van der Waals surface area contributed by atoms with Crippen molar-refractivity contribution in [3.8, 4) is 0 Å². The summed E-state index contributed by atoms with van der Waals surface area (Å²) in [6.45, 7) is 0. The first-order valence-electron chi connectivity index (χ1n) is 2.38. The fourth-order valence-corrected chi connectivity index (χ4v) is 0.303. The van der Waals surface area contributed by atoms with Gasteiger partial charge in [0.05, 0.1) is 0 Å². The molecule has 0 spiro atoms. The highest BCUT2D eigenvalue weighted by Gasteiger charge is 2.10. The van der Waals surface area contributed by atoms with Gasteiger partial charge in [-0.05, 0) is 0 Å². The molecule has 0 aliphatic carbocycles. The molecular formula is C4H4O6Si. The lowest BCUT2D eigenvalue weighted by Crippen LogP contribution is -1.96. The Hall–Kier alpha value is -1.50. The molecule has 0 aromatic carbocycles. The number of carbonyl (C=O) groups is 2. The van der Waals surface area contributed by atoms with E-state index >= 15 is 0 Å². The highest BCUT2D eigenvalue weighted by atomic mass is 28.3. The van der Waals surface area contributed by atoms with Crippen LogP contribution in [-0.2, 0) is 18.8 Å². The zero-order valence-corrected chi connectivity index (χ0v) is 6.18. The van der Waals surface area contributed by atoms with Gasteiger partial charge in [0.15, 0.2) is 0 Å². The Bertz CT molecular complexity index is 199. The average molecular weight is 176 g/mol. The van der Waals surface area contributed by atoms with Crippen molar-refractivity contribution in [1.29, 1.82) is 0 Å². The Morgan fingerprint density at radius 3 is 1.55 bits per heavy atom. The fourth-order valence-electron chi connectivity index (χ4n) is 0.303. The van der Waals surface area contributed by atoms with Crippen LogP contribution in [0.1, 0.15) is 0 Å². The molecule has 0 aromatic heterocycles. The van der Waals surface area contributed by atoms with Crippen LogP contribution < -0.4 is 0 Å². The second-order valence-electron chi connectivity index (χ2n) is 1.36. The van der Waals surface area contributed by atoms with Gasteiger partial charge in [0.2, 0.25) is 0 Å². The molecule has 2 N–H and O–H groups in total.